The van der Waals surface area contributed by atoms with E-state index < -0.39 is 11.6 Å². The molecule has 1 aliphatic rings. The number of likely N-dealkylation sites (tertiary alicyclic amines) is 1. The highest BCUT2D eigenvalue weighted by Crippen LogP contribution is 2.13. The molecule has 0 unspecified atom stereocenters. The van der Waals surface area contributed by atoms with Gasteiger partial charge in [0.2, 0.25) is 0 Å². The second kappa shape index (κ2) is 4.60. The first-order valence-corrected chi connectivity index (χ1v) is 5.42. The van der Waals surface area contributed by atoms with Crippen LogP contribution in [-0.2, 0) is 6.42 Å². The smallest absolute Gasteiger partial charge is 0.126 e. The fourth-order valence-corrected chi connectivity index (χ4v) is 2.01. The summed E-state index contributed by atoms with van der Waals surface area (Å²) in [7, 11) is 0. The van der Waals surface area contributed by atoms with Crippen LogP contribution in [0.5, 0.6) is 0 Å². The van der Waals surface area contributed by atoms with Crippen molar-refractivity contribution in [1.82, 2.24) is 4.90 Å². The molecule has 1 fully saturated rings. The fourth-order valence-electron chi connectivity index (χ4n) is 2.01. The maximum atomic E-state index is 12.9. The molecule has 1 aliphatic heterocycles. The van der Waals surface area contributed by atoms with E-state index in [-0.39, 0.29) is 0 Å². The van der Waals surface area contributed by atoms with Gasteiger partial charge in [-0.15, -0.1) is 0 Å². The first-order chi connectivity index (χ1) is 7.65. The van der Waals surface area contributed by atoms with E-state index in [0.717, 1.165) is 32.0 Å². The molecule has 1 heterocycles. The molecular formula is C12H14F2N2. The van der Waals surface area contributed by atoms with Gasteiger partial charge >= 0.3 is 0 Å². The van der Waals surface area contributed by atoms with Gasteiger partial charge in [0, 0.05) is 25.6 Å². The highest BCUT2D eigenvalue weighted by atomic mass is 19.1. The first-order valence-electron chi connectivity index (χ1n) is 5.42. The summed E-state index contributed by atoms with van der Waals surface area (Å²) in [6.45, 7) is 1.77. The number of nitrogens with zero attached hydrogens (tertiary/aromatic N) is 1. The van der Waals surface area contributed by atoms with Gasteiger partial charge in [0.15, 0.2) is 0 Å². The molecule has 0 radical (unpaired) electrons. The average Bonchev–Trinajstić information content (AvgIpc) is 2.68. The summed E-state index contributed by atoms with van der Waals surface area (Å²) in [5.74, 6) is -0.712. The lowest BCUT2D eigenvalue weighted by Gasteiger charge is -2.18. The van der Waals surface area contributed by atoms with Crippen molar-refractivity contribution >= 4 is 5.84 Å². The second-order valence-corrected chi connectivity index (χ2v) is 4.10. The summed E-state index contributed by atoms with van der Waals surface area (Å²) in [6.07, 6.45) is 2.49. The first kappa shape index (κ1) is 11.0. The Bertz CT molecular complexity index is 378. The molecule has 1 aromatic rings. The molecule has 1 saturated heterocycles. The van der Waals surface area contributed by atoms with E-state index in [1.54, 1.807) is 0 Å². The SMILES string of the molecule is N=C(Cc1cc(F)cc(F)c1)N1CCCC1. The number of benzene rings is 1. The fraction of sp³-hybridized carbons (Fsp3) is 0.417. The summed E-state index contributed by atoms with van der Waals surface area (Å²) in [6, 6.07) is 3.42. The third-order valence-electron chi connectivity index (χ3n) is 2.78. The van der Waals surface area contributed by atoms with Crippen molar-refractivity contribution in [2.45, 2.75) is 19.3 Å². The van der Waals surface area contributed by atoms with Crippen LogP contribution < -0.4 is 0 Å². The van der Waals surface area contributed by atoms with E-state index in [0.29, 0.717) is 17.8 Å². The monoisotopic (exact) mass is 224 g/mol. The minimum atomic E-state index is -0.579. The highest BCUT2D eigenvalue weighted by molar-refractivity contribution is 5.81. The molecule has 16 heavy (non-hydrogen) atoms. The molecule has 2 nitrogen and oxygen atoms in total. The predicted molar refractivity (Wildman–Crippen MR) is 58.6 cm³/mol. The summed E-state index contributed by atoms with van der Waals surface area (Å²) in [4.78, 5) is 1.96. The Balaban J connectivity index is 2.05. The van der Waals surface area contributed by atoms with Crippen LogP contribution in [0.2, 0.25) is 0 Å². The second-order valence-electron chi connectivity index (χ2n) is 4.10. The van der Waals surface area contributed by atoms with Gasteiger partial charge in [0.25, 0.3) is 0 Å². The van der Waals surface area contributed by atoms with Crippen LogP contribution in [0, 0.1) is 17.0 Å². The van der Waals surface area contributed by atoms with Gasteiger partial charge in [-0.05, 0) is 30.5 Å². The molecule has 2 rings (SSSR count). The van der Waals surface area contributed by atoms with Gasteiger partial charge in [0.1, 0.15) is 17.5 Å². The molecule has 1 aromatic carbocycles. The Morgan fingerprint density at radius 3 is 2.25 bits per heavy atom. The van der Waals surface area contributed by atoms with E-state index in [1.165, 1.54) is 12.1 Å². The molecular weight excluding hydrogens is 210 g/mol. The molecule has 4 heteroatoms. The van der Waals surface area contributed by atoms with Crippen LogP contribution in [0.3, 0.4) is 0 Å². The van der Waals surface area contributed by atoms with E-state index in [1.807, 2.05) is 4.90 Å². The Labute approximate surface area is 93.4 Å². The zero-order valence-electron chi connectivity index (χ0n) is 8.97. The molecule has 0 aromatic heterocycles. The number of rotatable bonds is 2. The lowest BCUT2D eigenvalue weighted by Crippen LogP contribution is -2.28. The Morgan fingerprint density at radius 2 is 1.69 bits per heavy atom. The molecule has 0 aliphatic carbocycles. The number of amidine groups is 1. The summed E-state index contributed by atoms with van der Waals surface area (Å²) in [5.41, 5.74) is 0.523. The largest absolute Gasteiger partial charge is 0.360 e. The van der Waals surface area contributed by atoms with E-state index in [2.05, 4.69) is 0 Å². The zero-order chi connectivity index (χ0) is 11.5. The van der Waals surface area contributed by atoms with Gasteiger partial charge < -0.3 is 4.90 Å². The van der Waals surface area contributed by atoms with Crippen LogP contribution in [-0.4, -0.2) is 23.8 Å². The molecule has 86 valence electrons. The molecule has 0 amide bonds. The molecule has 0 atom stereocenters. The summed E-state index contributed by atoms with van der Waals surface area (Å²) >= 11 is 0. The van der Waals surface area contributed by atoms with E-state index in [4.69, 9.17) is 5.41 Å². The van der Waals surface area contributed by atoms with Crippen LogP contribution in [0.4, 0.5) is 8.78 Å². The van der Waals surface area contributed by atoms with Crippen LogP contribution >= 0.6 is 0 Å². The maximum Gasteiger partial charge on any atom is 0.126 e. The van der Waals surface area contributed by atoms with Crippen molar-refractivity contribution in [2.24, 2.45) is 0 Å². The topological polar surface area (TPSA) is 27.1 Å². The lowest BCUT2D eigenvalue weighted by molar-refractivity contribution is 0.506. The minimum Gasteiger partial charge on any atom is -0.360 e. The van der Waals surface area contributed by atoms with Crippen molar-refractivity contribution < 1.29 is 8.78 Å². The average molecular weight is 224 g/mol. The van der Waals surface area contributed by atoms with E-state index >= 15 is 0 Å². The van der Waals surface area contributed by atoms with Crippen molar-refractivity contribution in [3.63, 3.8) is 0 Å². The minimum absolute atomic E-state index is 0.300. The van der Waals surface area contributed by atoms with Gasteiger partial charge in [-0.1, -0.05) is 0 Å². The molecule has 1 N–H and O–H groups in total. The summed E-state index contributed by atoms with van der Waals surface area (Å²) < 4.78 is 25.9. The number of nitrogens with one attached hydrogen (secondary N) is 1. The summed E-state index contributed by atoms with van der Waals surface area (Å²) in [5, 5.41) is 7.85. The van der Waals surface area contributed by atoms with Gasteiger partial charge in [-0.25, -0.2) is 8.78 Å². The standard InChI is InChI=1S/C12H14F2N2/c13-10-5-9(6-11(14)8-10)7-12(15)16-3-1-2-4-16/h5-6,8,15H,1-4,7H2. The third-order valence-corrected chi connectivity index (χ3v) is 2.78. The van der Waals surface area contributed by atoms with Crippen LogP contribution in [0.1, 0.15) is 18.4 Å². The van der Waals surface area contributed by atoms with Crippen molar-refractivity contribution in [3.05, 3.63) is 35.4 Å². The zero-order valence-corrected chi connectivity index (χ0v) is 8.97. The maximum absolute atomic E-state index is 12.9. The number of halogens is 2. The predicted octanol–water partition coefficient (Wildman–Crippen LogP) is 2.58. The Morgan fingerprint density at radius 1 is 1.12 bits per heavy atom. The van der Waals surface area contributed by atoms with E-state index in [9.17, 15) is 8.78 Å². The van der Waals surface area contributed by atoms with Crippen LogP contribution in [0.25, 0.3) is 0 Å². The third kappa shape index (κ3) is 2.56. The number of hydrogen-bond donors (Lipinski definition) is 1. The molecule has 0 bridgehead atoms. The quantitative estimate of drug-likeness (QED) is 0.606. The van der Waals surface area contributed by atoms with Gasteiger partial charge in [-0.3, -0.25) is 5.41 Å². The highest BCUT2D eigenvalue weighted by Gasteiger charge is 2.15. The van der Waals surface area contributed by atoms with Crippen molar-refractivity contribution in [2.75, 3.05) is 13.1 Å². The van der Waals surface area contributed by atoms with Crippen molar-refractivity contribution in [3.8, 4) is 0 Å². The molecule has 0 saturated carbocycles. The Kier molecular flexibility index (Phi) is 3.17. The molecule has 0 spiro atoms. The lowest BCUT2D eigenvalue weighted by atomic mass is 10.1. The Hall–Kier alpha value is -1.45. The van der Waals surface area contributed by atoms with Gasteiger partial charge in [0.05, 0.1) is 0 Å². The normalized spacial score (nSPS) is 15.5. The van der Waals surface area contributed by atoms with Gasteiger partial charge in [-0.2, -0.15) is 0 Å². The van der Waals surface area contributed by atoms with Crippen molar-refractivity contribution in [1.29, 1.82) is 5.41 Å². The number of hydrogen-bond acceptors (Lipinski definition) is 1. The van der Waals surface area contributed by atoms with Crippen LogP contribution in [0.15, 0.2) is 18.2 Å².